The van der Waals surface area contributed by atoms with Gasteiger partial charge < -0.3 is 10.2 Å². The van der Waals surface area contributed by atoms with E-state index in [9.17, 15) is 18.0 Å². The Morgan fingerprint density at radius 2 is 1.55 bits per heavy atom. The van der Waals surface area contributed by atoms with Gasteiger partial charge in [0.25, 0.3) is 10.0 Å². The van der Waals surface area contributed by atoms with Crippen LogP contribution in [0.1, 0.15) is 67.7 Å². The highest BCUT2D eigenvalue weighted by Gasteiger charge is 2.34. The van der Waals surface area contributed by atoms with Gasteiger partial charge in [-0.25, -0.2) is 8.42 Å². The molecule has 3 aromatic carbocycles. The summed E-state index contributed by atoms with van der Waals surface area (Å²) < 4.78 is 29.3. The number of carbonyl (C=O) groups is 2. The van der Waals surface area contributed by atoms with Crippen LogP contribution >= 0.6 is 0 Å². The summed E-state index contributed by atoms with van der Waals surface area (Å²) in [6.45, 7) is 7.43. The summed E-state index contributed by atoms with van der Waals surface area (Å²) in [5.41, 5.74) is 4.16. The lowest BCUT2D eigenvalue weighted by Crippen LogP contribution is -2.54. The monoisotopic (exact) mass is 589 g/mol. The predicted octanol–water partition coefficient (Wildman–Crippen LogP) is 6.06. The molecule has 7 nitrogen and oxygen atoms in total. The molecule has 0 saturated heterocycles. The molecule has 3 aromatic rings. The summed E-state index contributed by atoms with van der Waals surface area (Å²) in [7, 11) is -4.09. The SMILES string of the molecule is CCC(C(=O)NC1CCCCC1)N(Cc1ccccc1)C(=O)CN(c1ccc(C)c(C)c1)S(=O)(=O)c1ccc(C)cc1. The normalized spacial score (nSPS) is 14.7. The van der Waals surface area contributed by atoms with Crippen LogP contribution in [0.4, 0.5) is 5.69 Å². The first-order chi connectivity index (χ1) is 20.1. The molecule has 42 heavy (non-hydrogen) atoms. The minimum Gasteiger partial charge on any atom is -0.352 e. The van der Waals surface area contributed by atoms with Gasteiger partial charge in [-0.3, -0.25) is 13.9 Å². The molecule has 1 fully saturated rings. The van der Waals surface area contributed by atoms with Crippen LogP contribution in [0, 0.1) is 20.8 Å². The van der Waals surface area contributed by atoms with Gasteiger partial charge in [0.1, 0.15) is 12.6 Å². The fourth-order valence-electron chi connectivity index (χ4n) is 5.49. The quantitative estimate of drug-likeness (QED) is 0.294. The van der Waals surface area contributed by atoms with Crippen molar-refractivity contribution in [2.45, 2.75) is 89.7 Å². The molecule has 0 radical (unpaired) electrons. The standard InChI is InChI=1S/C34H43N3O4S/c1-5-32(34(39)35-29-14-10-7-11-15-29)36(23-28-12-8-6-9-13-28)33(38)24-37(30-19-18-26(3)27(4)22-30)42(40,41)31-20-16-25(2)17-21-31/h6,8-9,12-13,16-22,29,32H,5,7,10-11,14-15,23-24H2,1-4H3,(H,35,39). The van der Waals surface area contributed by atoms with Gasteiger partial charge in [-0.15, -0.1) is 0 Å². The van der Waals surface area contributed by atoms with Crippen molar-refractivity contribution < 1.29 is 18.0 Å². The minimum absolute atomic E-state index is 0.0999. The molecular weight excluding hydrogens is 546 g/mol. The molecule has 1 aliphatic rings. The maximum atomic E-state index is 14.3. The second-order valence-electron chi connectivity index (χ2n) is 11.4. The molecule has 0 bridgehead atoms. The first kappa shape index (κ1) is 31.3. The van der Waals surface area contributed by atoms with E-state index in [4.69, 9.17) is 0 Å². The molecule has 4 rings (SSSR count). The molecule has 1 unspecified atom stereocenters. The summed E-state index contributed by atoms with van der Waals surface area (Å²) in [6, 6.07) is 20.9. The van der Waals surface area contributed by atoms with E-state index < -0.39 is 28.5 Å². The average molecular weight is 590 g/mol. The fraction of sp³-hybridized carbons (Fsp3) is 0.412. The maximum Gasteiger partial charge on any atom is 0.264 e. The molecule has 224 valence electrons. The van der Waals surface area contributed by atoms with Gasteiger partial charge in [-0.2, -0.15) is 0 Å². The molecular formula is C34H43N3O4S. The summed E-state index contributed by atoms with van der Waals surface area (Å²) in [4.78, 5) is 29.5. The zero-order valence-corrected chi connectivity index (χ0v) is 26.0. The third-order valence-corrected chi connectivity index (χ3v) is 9.99. The van der Waals surface area contributed by atoms with Gasteiger partial charge in [-0.05, 0) is 81.0 Å². The van der Waals surface area contributed by atoms with E-state index in [1.165, 1.54) is 10.7 Å². The van der Waals surface area contributed by atoms with Crippen molar-refractivity contribution in [1.29, 1.82) is 0 Å². The Bertz CT molecular complexity index is 1470. The Kier molecular flexibility index (Phi) is 10.4. The maximum absolute atomic E-state index is 14.3. The van der Waals surface area contributed by atoms with E-state index in [1.807, 2.05) is 64.1 Å². The van der Waals surface area contributed by atoms with Crippen molar-refractivity contribution in [3.63, 3.8) is 0 Å². The Morgan fingerprint density at radius 1 is 0.881 bits per heavy atom. The smallest absolute Gasteiger partial charge is 0.264 e. The number of nitrogens with zero attached hydrogens (tertiary/aromatic N) is 2. The third kappa shape index (κ3) is 7.59. The number of aryl methyl sites for hydroxylation is 3. The van der Waals surface area contributed by atoms with Crippen molar-refractivity contribution in [2.24, 2.45) is 0 Å². The summed E-state index contributed by atoms with van der Waals surface area (Å²) in [5, 5.41) is 3.19. The van der Waals surface area contributed by atoms with Crippen LogP contribution < -0.4 is 9.62 Å². The van der Waals surface area contributed by atoms with Crippen LogP contribution in [0.3, 0.4) is 0 Å². The lowest BCUT2D eigenvalue weighted by molar-refractivity contribution is -0.140. The van der Waals surface area contributed by atoms with Gasteiger partial charge in [0.2, 0.25) is 11.8 Å². The van der Waals surface area contributed by atoms with Crippen LogP contribution in [-0.4, -0.2) is 43.8 Å². The van der Waals surface area contributed by atoms with E-state index in [-0.39, 0.29) is 23.4 Å². The topological polar surface area (TPSA) is 86.8 Å². The van der Waals surface area contributed by atoms with Gasteiger partial charge in [0.15, 0.2) is 0 Å². The number of hydrogen-bond donors (Lipinski definition) is 1. The number of hydrogen-bond acceptors (Lipinski definition) is 4. The highest BCUT2D eigenvalue weighted by molar-refractivity contribution is 7.92. The number of rotatable bonds is 11. The van der Waals surface area contributed by atoms with Gasteiger partial charge >= 0.3 is 0 Å². The molecule has 0 heterocycles. The van der Waals surface area contributed by atoms with Crippen LogP contribution in [0.2, 0.25) is 0 Å². The lowest BCUT2D eigenvalue weighted by atomic mass is 9.95. The van der Waals surface area contributed by atoms with Crippen molar-refractivity contribution in [2.75, 3.05) is 10.8 Å². The molecule has 1 atom stereocenters. The molecule has 1 saturated carbocycles. The largest absolute Gasteiger partial charge is 0.352 e. The van der Waals surface area contributed by atoms with Crippen molar-refractivity contribution >= 4 is 27.5 Å². The van der Waals surface area contributed by atoms with Crippen LogP contribution in [0.25, 0.3) is 0 Å². The summed E-state index contributed by atoms with van der Waals surface area (Å²) in [5.74, 6) is -0.619. The highest BCUT2D eigenvalue weighted by atomic mass is 32.2. The van der Waals surface area contributed by atoms with Gasteiger partial charge in [0.05, 0.1) is 10.6 Å². The predicted molar refractivity (Wildman–Crippen MR) is 168 cm³/mol. The minimum atomic E-state index is -4.09. The third-order valence-electron chi connectivity index (χ3n) is 8.20. The van der Waals surface area contributed by atoms with Gasteiger partial charge in [0, 0.05) is 12.6 Å². The number of anilines is 1. The first-order valence-corrected chi connectivity index (χ1v) is 16.3. The second-order valence-corrected chi connectivity index (χ2v) is 13.2. The van der Waals surface area contributed by atoms with Crippen LogP contribution in [0.15, 0.2) is 77.7 Å². The summed E-state index contributed by atoms with van der Waals surface area (Å²) >= 11 is 0. The second kappa shape index (κ2) is 14.0. The average Bonchev–Trinajstić information content (AvgIpc) is 2.98. The number of amides is 2. The Labute approximate surface area is 251 Å². The van der Waals surface area contributed by atoms with E-state index in [2.05, 4.69) is 5.32 Å². The molecule has 0 aliphatic heterocycles. The number of sulfonamides is 1. The van der Waals surface area contributed by atoms with E-state index >= 15 is 0 Å². The molecule has 2 amide bonds. The van der Waals surface area contributed by atoms with Crippen molar-refractivity contribution in [3.05, 3.63) is 95.1 Å². The lowest BCUT2D eigenvalue weighted by Gasteiger charge is -2.34. The molecule has 8 heteroatoms. The molecule has 1 aliphatic carbocycles. The summed E-state index contributed by atoms with van der Waals surface area (Å²) in [6.07, 6.45) is 5.61. The number of carbonyl (C=O) groups excluding carboxylic acids is 2. The highest BCUT2D eigenvalue weighted by Crippen LogP contribution is 2.27. The van der Waals surface area contributed by atoms with E-state index in [0.29, 0.717) is 12.1 Å². The molecule has 0 spiro atoms. The zero-order chi connectivity index (χ0) is 30.3. The van der Waals surface area contributed by atoms with Crippen LogP contribution in [-0.2, 0) is 26.2 Å². The molecule has 1 N–H and O–H groups in total. The van der Waals surface area contributed by atoms with Crippen LogP contribution in [0.5, 0.6) is 0 Å². The Balaban J connectivity index is 1.71. The Hall–Kier alpha value is -3.65. The van der Waals surface area contributed by atoms with E-state index in [1.54, 1.807) is 41.3 Å². The van der Waals surface area contributed by atoms with Crippen molar-refractivity contribution in [1.82, 2.24) is 10.2 Å². The first-order valence-electron chi connectivity index (χ1n) is 14.9. The zero-order valence-electron chi connectivity index (χ0n) is 25.2. The number of nitrogens with one attached hydrogen (secondary N) is 1. The molecule has 0 aromatic heterocycles. The van der Waals surface area contributed by atoms with E-state index in [0.717, 1.165) is 47.9 Å². The number of benzene rings is 3. The van der Waals surface area contributed by atoms with Crippen molar-refractivity contribution in [3.8, 4) is 0 Å². The van der Waals surface area contributed by atoms with Gasteiger partial charge in [-0.1, -0.05) is 80.3 Å². The Morgan fingerprint density at radius 3 is 2.17 bits per heavy atom. The fourth-order valence-corrected chi connectivity index (χ4v) is 6.90.